The maximum absolute atomic E-state index is 5.98. The van der Waals surface area contributed by atoms with E-state index in [1.165, 1.54) is 5.56 Å². The van der Waals surface area contributed by atoms with Crippen LogP contribution in [0.3, 0.4) is 0 Å². The van der Waals surface area contributed by atoms with Crippen molar-refractivity contribution in [1.29, 1.82) is 0 Å². The summed E-state index contributed by atoms with van der Waals surface area (Å²) < 4.78 is 11.4. The molecule has 134 valence electrons. The number of rotatable bonds is 9. The number of para-hydroxylation sites is 2. The lowest BCUT2D eigenvalue weighted by Crippen LogP contribution is -2.17. The number of benzene rings is 2. The molecule has 0 aliphatic carbocycles. The summed E-state index contributed by atoms with van der Waals surface area (Å²) in [7, 11) is 1.71. The second kappa shape index (κ2) is 9.59. The van der Waals surface area contributed by atoms with E-state index in [2.05, 4.69) is 22.4 Å². The van der Waals surface area contributed by atoms with Gasteiger partial charge >= 0.3 is 0 Å². The Morgan fingerprint density at radius 2 is 1.65 bits per heavy atom. The minimum absolute atomic E-state index is 0.520. The van der Waals surface area contributed by atoms with E-state index in [-0.39, 0.29) is 0 Å². The van der Waals surface area contributed by atoms with Crippen LogP contribution in [-0.4, -0.2) is 18.6 Å². The van der Waals surface area contributed by atoms with Crippen molar-refractivity contribution in [2.24, 2.45) is 0 Å². The second-order valence-corrected chi connectivity index (χ2v) is 6.00. The van der Waals surface area contributed by atoms with E-state index in [4.69, 9.17) is 9.47 Å². The Morgan fingerprint density at radius 1 is 0.885 bits per heavy atom. The van der Waals surface area contributed by atoms with Crippen LogP contribution in [0, 0.1) is 0 Å². The van der Waals surface area contributed by atoms with E-state index in [1.807, 2.05) is 54.7 Å². The van der Waals surface area contributed by atoms with Gasteiger partial charge in [0.25, 0.3) is 0 Å². The Balaban J connectivity index is 1.52. The quantitative estimate of drug-likeness (QED) is 0.594. The summed E-state index contributed by atoms with van der Waals surface area (Å²) in [5.74, 6) is 1.84. The topological polar surface area (TPSA) is 43.4 Å². The molecule has 0 aliphatic rings. The zero-order chi connectivity index (χ0) is 18.0. The molecule has 3 rings (SSSR count). The Bertz CT molecular complexity index is 806. The van der Waals surface area contributed by atoms with Gasteiger partial charge in [0.15, 0.2) is 0 Å². The standard InChI is InChI=1S/C22H24N2O2/c1-25-21-10-4-2-8-19(21)12-14-24-16-20-9-3-5-11-22(20)26-17-18-7-6-13-23-15-18/h2-11,13,15,24H,12,14,16-17H2,1H3. The minimum Gasteiger partial charge on any atom is -0.496 e. The molecule has 0 spiro atoms. The van der Waals surface area contributed by atoms with Crippen molar-refractivity contribution in [3.8, 4) is 11.5 Å². The van der Waals surface area contributed by atoms with Crippen molar-refractivity contribution < 1.29 is 9.47 Å². The lowest BCUT2D eigenvalue weighted by molar-refractivity contribution is 0.301. The zero-order valence-electron chi connectivity index (χ0n) is 15.0. The highest BCUT2D eigenvalue weighted by molar-refractivity contribution is 5.34. The number of hydrogen-bond acceptors (Lipinski definition) is 4. The molecule has 0 aliphatic heterocycles. The fourth-order valence-corrected chi connectivity index (χ4v) is 2.79. The van der Waals surface area contributed by atoms with Crippen molar-refractivity contribution in [2.45, 2.75) is 19.6 Å². The van der Waals surface area contributed by atoms with Gasteiger partial charge in [-0.25, -0.2) is 0 Å². The van der Waals surface area contributed by atoms with Crippen LogP contribution in [-0.2, 0) is 19.6 Å². The largest absolute Gasteiger partial charge is 0.496 e. The molecule has 0 amide bonds. The van der Waals surface area contributed by atoms with Crippen LogP contribution in [0.15, 0.2) is 73.1 Å². The Hall–Kier alpha value is -2.85. The maximum atomic E-state index is 5.98. The van der Waals surface area contributed by atoms with Crippen molar-refractivity contribution in [1.82, 2.24) is 10.3 Å². The summed E-state index contributed by atoms with van der Waals surface area (Å²) in [4.78, 5) is 4.12. The summed E-state index contributed by atoms with van der Waals surface area (Å²) in [6.45, 7) is 2.15. The summed E-state index contributed by atoms with van der Waals surface area (Å²) in [5.41, 5.74) is 3.42. The highest BCUT2D eigenvalue weighted by Crippen LogP contribution is 2.20. The summed E-state index contributed by atoms with van der Waals surface area (Å²) in [5, 5.41) is 3.49. The van der Waals surface area contributed by atoms with Gasteiger partial charge in [-0.05, 0) is 36.7 Å². The second-order valence-electron chi connectivity index (χ2n) is 6.00. The van der Waals surface area contributed by atoms with Gasteiger partial charge in [-0.15, -0.1) is 0 Å². The van der Waals surface area contributed by atoms with E-state index < -0.39 is 0 Å². The van der Waals surface area contributed by atoms with Gasteiger partial charge in [-0.3, -0.25) is 4.98 Å². The van der Waals surface area contributed by atoms with Crippen LogP contribution >= 0.6 is 0 Å². The zero-order valence-corrected chi connectivity index (χ0v) is 15.0. The van der Waals surface area contributed by atoms with Crippen LogP contribution in [0.4, 0.5) is 0 Å². The van der Waals surface area contributed by atoms with Crippen LogP contribution < -0.4 is 14.8 Å². The Morgan fingerprint density at radius 3 is 2.42 bits per heavy atom. The number of nitrogens with zero attached hydrogens (tertiary/aromatic N) is 1. The highest BCUT2D eigenvalue weighted by Gasteiger charge is 2.05. The number of pyridine rings is 1. The molecular weight excluding hydrogens is 324 g/mol. The van der Waals surface area contributed by atoms with E-state index >= 15 is 0 Å². The molecule has 1 aromatic heterocycles. The first-order chi connectivity index (χ1) is 12.9. The molecule has 0 bridgehead atoms. The molecule has 0 saturated heterocycles. The van der Waals surface area contributed by atoms with E-state index in [0.717, 1.165) is 42.1 Å². The molecule has 0 radical (unpaired) electrons. The van der Waals surface area contributed by atoms with Gasteiger partial charge in [-0.2, -0.15) is 0 Å². The molecule has 0 fully saturated rings. The number of nitrogens with one attached hydrogen (secondary N) is 1. The lowest BCUT2D eigenvalue weighted by Gasteiger charge is -2.13. The summed E-state index contributed by atoms with van der Waals surface area (Å²) >= 11 is 0. The number of ether oxygens (including phenoxy) is 2. The van der Waals surface area contributed by atoms with Crippen LogP contribution in [0.5, 0.6) is 11.5 Å². The molecule has 4 nitrogen and oxygen atoms in total. The van der Waals surface area contributed by atoms with Gasteiger partial charge in [0.1, 0.15) is 18.1 Å². The number of hydrogen-bond donors (Lipinski definition) is 1. The van der Waals surface area contributed by atoms with Gasteiger partial charge in [-0.1, -0.05) is 42.5 Å². The summed E-state index contributed by atoms with van der Waals surface area (Å²) in [6.07, 6.45) is 4.51. The minimum atomic E-state index is 0.520. The SMILES string of the molecule is COc1ccccc1CCNCc1ccccc1OCc1cccnc1. The summed E-state index contributed by atoms with van der Waals surface area (Å²) in [6, 6.07) is 20.2. The molecule has 2 aromatic carbocycles. The number of aromatic nitrogens is 1. The third kappa shape index (κ3) is 5.07. The maximum Gasteiger partial charge on any atom is 0.124 e. The van der Waals surface area contributed by atoms with Crippen LogP contribution in [0.1, 0.15) is 16.7 Å². The molecule has 0 atom stereocenters. The monoisotopic (exact) mass is 348 g/mol. The van der Waals surface area contributed by atoms with Crippen molar-refractivity contribution >= 4 is 0 Å². The average molecular weight is 348 g/mol. The fraction of sp³-hybridized carbons (Fsp3) is 0.227. The van der Waals surface area contributed by atoms with E-state index in [1.54, 1.807) is 13.3 Å². The first-order valence-electron chi connectivity index (χ1n) is 8.79. The van der Waals surface area contributed by atoms with Gasteiger partial charge in [0.05, 0.1) is 7.11 Å². The Labute approximate surface area is 154 Å². The van der Waals surface area contributed by atoms with Crippen LogP contribution in [0.25, 0.3) is 0 Å². The van der Waals surface area contributed by atoms with Gasteiger partial charge in [0, 0.05) is 30.1 Å². The van der Waals surface area contributed by atoms with Crippen molar-refractivity contribution in [3.05, 3.63) is 89.7 Å². The molecular formula is C22H24N2O2. The fourth-order valence-electron chi connectivity index (χ4n) is 2.79. The molecule has 0 saturated carbocycles. The molecule has 1 heterocycles. The predicted molar refractivity (Wildman–Crippen MR) is 103 cm³/mol. The van der Waals surface area contributed by atoms with Crippen molar-refractivity contribution in [3.63, 3.8) is 0 Å². The molecule has 1 N–H and O–H groups in total. The first-order valence-corrected chi connectivity index (χ1v) is 8.79. The normalized spacial score (nSPS) is 10.5. The highest BCUT2D eigenvalue weighted by atomic mass is 16.5. The molecule has 4 heteroatoms. The lowest BCUT2D eigenvalue weighted by atomic mass is 10.1. The number of methoxy groups -OCH3 is 1. The van der Waals surface area contributed by atoms with E-state index in [0.29, 0.717) is 6.61 Å². The molecule has 26 heavy (non-hydrogen) atoms. The predicted octanol–water partition coefficient (Wildman–Crippen LogP) is 4.00. The molecule has 0 unspecified atom stereocenters. The Kier molecular flexibility index (Phi) is 6.62. The van der Waals surface area contributed by atoms with Crippen LogP contribution in [0.2, 0.25) is 0 Å². The third-order valence-electron chi connectivity index (χ3n) is 4.17. The average Bonchev–Trinajstić information content (AvgIpc) is 2.71. The van der Waals surface area contributed by atoms with Gasteiger partial charge in [0.2, 0.25) is 0 Å². The van der Waals surface area contributed by atoms with Gasteiger partial charge < -0.3 is 14.8 Å². The van der Waals surface area contributed by atoms with Crippen molar-refractivity contribution in [2.75, 3.05) is 13.7 Å². The van der Waals surface area contributed by atoms with E-state index in [9.17, 15) is 0 Å². The first kappa shape index (κ1) is 18.0. The molecule has 3 aromatic rings. The smallest absolute Gasteiger partial charge is 0.124 e. The third-order valence-corrected chi connectivity index (χ3v) is 4.17.